The van der Waals surface area contributed by atoms with Gasteiger partial charge in [0.2, 0.25) is 0 Å². The number of hydrogen-bond donors (Lipinski definition) is 0. The number of benzene rings is 12. The molecule has 0 aliphatic rings. The summed E-state index contributed by atoms with van der Waals surface area (Å²) in [6.07, 6.45) is 0. The SMILES string of the molecule is CC(C)(C)c1cc(-c2ccc3c(c2)c2cccc4c5c(-c6ccccc6)c6c7cc8ccccc8c8cccc(c6c(-c6ccccc6-c6ccccc6)c5cc3c24)c87)c2cc(C(C)(C)C)ccc2c1. The Morgan fingerprint density at radius 2 is 0.814 bits per heavy atom. The average molecular weight is 893 g/mol. The molecule has 0 radical (unpaired) electrons. The second kappa shape index (κ2) is 14.7. The van der Waals surface area contributed by atoms with E-state index in [0.29, 0.717) is 0 Å². The Kier molecular flexibility index (Phi) is 8.62. The van der Waals surface area contributed by atoms with Crippen LogP contribution in [0.25, 0.3) is 141 Å². The van der Waals surface area contributed by atoms with Crippen molar-refractivity contribution in [3.05, 3.63) is 217 Å². The average Bonchev–Trinajstić information content (AvgIpc) is 3.88. The van der Waals surface area contributed by atoms with Crippen molar-refractivity contribution in [1.82, 2.24) is 0 Å². The van der Waals surface area contributed by atoms with Crippen LogP contribution >= 0.6 is 0 Å². The molecule has 0 amide bonds. The zero-order valence-corrected chi connectivity index (χ0v) is 40.6. The summed E-state index contributed by atoms with van der Waals surface area (Å²) in [5, 5.41) is 23.5. The van der Waals surface area contributed by atoms with Crippen molar-refractivity contribution in [2.45, 2.75) is 52.4 Å². The Bertz CT molecular complexity index is 4440. The summed E-state index contributed by atoms with van der Waals surface area (Å²) in [6, 6.07) is 78.9. The van der Waals surface area contributed by atoms with Gasteiger partial charge in [-0.3, -0.25) is 0 Å². The van der Waals surface area contributed by atoms with Crippen molar-refractivity contribution in [2.24, 2.45) is 0 Å². The van der Waals surface area contributed by atoms with Gasteiger partial charge in [0, 0.05) is 0 Å². The lowest BCUT2D eigenvalue weighted by molar-refractivity contribution is 0.589. The summed E-state index contributed by atoms with van der Waals surface area (Å²) in [7, 11) is 0. The summed E-state index contributed by atoms with van der Waals surface area (Å²) < 4.78 is 0. The first-order valence-electron chi connectivity index (χ1n) is 25.0. The third-order valence-corrected chi connectivity index (χ3v) is 15.8. The van der Waals surface area contributed by atoms with Crippen LogP contribution in [0.15, 0.2) is 206 Å². The monoisotopic (exact) mass is 892 g/mol. The van der Waals surface area contributed by atoms with Gasteiger partial charge in [-0.25, -0.2) is 0 Å². The van der Waals surface area contributed by atoms with Crippen LogP contribution in [0.5, 0.6) is 0 Å². The second-order valence-corrected chi connectivity index (χ2v) is 21.9. The molecule has 14 aromatic rings. The Labute approximate surface area is 409 Å². The highest BCUT2D eigenvalue weighted by atomic mass is 14.3. The molecule has 0 bridgehead atoms. The second-order valence-electron chi connectivity index (χ2n) is 21.9. The van der Waals surface area contributed by atoms with Crippen LogP contribution in [0.2, 0.25) is 0 Å². The molecular formula is C70H52. The standard InChI is InChI=1S/C70H52/c1-69(2,3)46-33-31-44-35-47(70(4,5)6)39-57(56(44)38-46)45-32-34-50-58(36-45)53-28-18-29-54-63(53)59(50)40-61-65(52-26-16-15-24-48(52)41-19-9-7-10-20-41)67-55-30-17-27-51-49-25-14-13-23-43(49)37-60(64(51)55)68(67)62(66(54)61)42-21-11-8-12-22-42/h7-40H,1-6H3. The maximum Gasteiger partial charge on any atom is -0.000697 e. The largest absolute Gasteiger partial charge is 0.0622 e. The van der Waals surface area contributed by atoms with Gasteiger partial charge in [-0.2, -0.15) is 0 Å². The van der Waals surface area contributed by atoms with E-state index < -0.39 is 0 Å². The summed E-state index contributed by atoms with van der Waals surface area (Å²) >= 11 is 0. The minimum Gasteiger partial charge on any atom is -0.0622 e. The first-order valence-corrected chi connectivity index (χ1v) is 25.0. The van der Waals surface area contributed by atoms with Crippen molar-refractivity contribution in [2.75, 3.05) is 0 Å². The van der Waals surface area contributed by atoms with Gasteiger partial charge < -0.3 is 0 Å². The molecule has 0 N–H and O–H groups in total. The van der Waals surface area contributed by atoms with Gasteiger partial charge in [0.15, 0.2) is 0 Å². The van der Waals surface area contributed by atoms with E-state index in [4.69, 9.17) is 0 Å². The van der Waals surface area contributed by atoms with Crippen LogP contribution in [-0.4, -0.2) is 0 Å². The Morgan fingerprint density at radius 3 is 1.56 bits per heavy atom. The molecule has 0 saturated heterocycles. The van der Waals surface area contributed by atoms with Gasteiger partial charge in [-0.1, -0.05) is 224 Å². The topological polar surface area (TPSA) is 0 Å². The first kappa shape index (κ1) is 41.0. The summed E-state index contributed by atoms with van der Waals surface area (Å²) in [5.74, 6) is 0. The molecule has 0 atom stereocenters. The molecule has 0 spiro atoms. The van der Waals surface area contributed by atoms with Crippen molar-refractivity contribution in [3.8, 4) is 44.5 Å². The fraction of sp³-hybridized carbons (Fsp3) is 0.114. The van der Waals surface area contributed by atoms with E-state index in [1.807, 2.05) is 0 Å². The quantitative estimate of drug-likeness (QED) is 0.154. The minimum absolute atomic E-state index is 0.00295. The lowest BCUT2D eigenvalue weighted by atomic mass is 9.81. The molecule has 0 unspecified atom stereocenters. The van der Waals surface area contributed by atoms with Crippen molar-refractivity contribution >= 4 is 97.0 Å². The molecule has 14 rings (SSSR count). The Balaban J connectivity index is 1.18. The fourth-order valence-electron chi connectivity index (χ4n) is 12.4. The number of rotatable bonds is 4. The third kappa shape index (κ3) is 5.90. The van der Waals surface area contributed by atoms with E-state index in [-0.39, 0.29) is 10.8 Å². The smallest absolute Gasteiger partial charge is 0.000697 e. The van der Waals surface area contributed by atoms with E-state index in [2.05, 4.69) is 248 Å². The van der Waals surface area contributed by atoms with Crippen molar-refractivity contribution in [1.29, 1.82) is 0 Å². The molecular weight excluding hydrogens is 841 g/mol. The molecule has 0 saturated carbocycles. The van der Waals surface area contributed by atoms with Crippen LogP contribution in [-0.2, 0) is 10.8 Å². The summed E-state index contributed by atoms with van der Waals surface area (Å²) in [6.45, 7) is 14.0. The molecule has 0 nitrogen and oxygen atoms in total. The lowest BCUT2D eigenvalue weighted by Crippen LogP contribution is -2.12. The zero-order valence-electron chi connectivity index (χ0n) is 40.6. The maximum atomic E-state index is 2.58. The van der Waals surface area contributed by atoms with Crippen molar-refractivity contribution < 1.29 is 0 Å². The number of hydrogen-bond acceptors (Lipinski definition) is 0. The van der Waals surface area contributed by atoms with Crippen LogP contribution in [0.1, 0.15) is 52.7 Å². The minimum atomic E-state index is -0.00295. The summed E-state index contributed by atoms with van der Waals surface area (Å²) in [4.78, 5) is 0. The molecule has 14 aromatic carbocycles. The first-order chi connectivity index (χ1) is 34.0. The summed E-state index contributed by atoms with van der Waals surface area (Å²) in [5.41, 5.74) is 12.8. The molecule has 70 heavy (non-hydrogen) atoms. The molecule has 0 aliphatic heterocycles. The maximum absolute atomic E-state index is 2.58. The van der Waals surface area contributed by atoms with E-state index in [0.717, 1.165) is 0 Å². The van der Waals surface area contributed by atoms with Gasteiger partial charge in [0.05, 0.1) is 0 Å². The molecule has 0 heterocycles. The molecule has 0 aliphatic carbocycles. The Morgan fingerprint density at radius 1 is 0.229 bits per heavy atom. The third-order valence-electron chi connectivity index (χ3n) is 15.8. The zero-order chi connectivity index (χ0) is 47.2. The van der Waals surface area contributed by atoms with Gasteiger partial charge in [0.25, 0.3) is 0 Å². The van der Waals surface area contributed by atoms with E-state index in [9.17, 15) is 0 Å². The fourth-order valence-corrected chi connectivity index (χ4v) is 12.4. The highest BCUT2D eigenvalue weighted by Gasteiger charge is 2.28. The Hall–Kier alpha value is -8.06. The van der Waals surface area contributed by atoms with Gasteiger partial charge in [-0.05, 0) is 188 Å². The van der Waals surface area contributed by atoms with Gasteiger partial charge >= 0.3 is 0 Å². The normalized spacial score (nSPS) is 12.7. The molecule has 332 valence electrons. The predicted molar refractivity (Wildman–Crippen MR) is 306 cm³/mol. The van der Waals surface area contributed by atoms with Crippen molar-refractivity contribution in [3.63, 3.8) is 0 Å². The molecule has 0 aromatic heterocycles. The van der Waals surface area contributed by atoms with Crippen LogP contribution in [0.3, 0.4) is 0 Å². The van der Waals surface area contributed by atoms with E-state index in [1.165, 1.54) is 153 Å². The van der Waals surface area contributed by atoms with E-state index in [1.54, 1.807) is 0 Å². The predicted octanol–water partition coefficient (Wildman–Crippen LogP) is 20.2. The van der Waals surface area contributed by atoms with Gasteiger partial charge in [-0.15, -0.1) is 0 Å². The lowest BCUT2D eigenvalue weighted by Gasteiger charge is -2.24. The van der Waals surface area contributed by atoms with Crippen LogP contribution < -0.4 is 0 Å². The highest BCUT2D eigenvalue weighted by Crippen LogP contribution is 2.56. The molecule has 0 fully saturated rings. The molecule has 0 heteroatoms. The number of fused-ring (bicyclic) bond motifs is 11. The van der Waals surface area contributed by atoms with Crippen LogP contribution in [0, 0.1) is 0 Å². The highest BCUT2D eigenvalue weighted by molar-refractivity contribution is 6.46. The van der Waals surface area contributed by atoms with E-state index >= 15 is 0 Å². The van der Waals surface area contributed by atoms with Crippen LogP contribution in [0.4, 0.5) is 0 Å². The van der Waals surface area contributed by atoms with Gasteiger partial charge in [0.1, 0.15) is 0 Å².